The van der Waals surface area contributed by atoms with Gasteiger partial charge in [-0.15, -0.1) is 0 Å². The minimum absolute atomic E-state index is 0.878. The molecular formula is C24H23NO. The van der Waals surface area contributed by atoms with E-state index in [1.54, 1.807) is 0 Å². The van der Waals surface area contributed by atoms with E-state index >= 15 is 0 Å². The van der Waals surface area contributed by atoms with Crippen molar-refractivity contribution < 1.29 is 4.42 Å². The number of fused-ring (bicyclic) bond motifs is 1. The number of pyridine rings is 1. The molecule has 4 rings (SSSR count). The van der Waals surface area contributed by atoms with Crippen molar-refractivity contribution in [3.8, 4) is 22.6 Å². The number of hydrogen-bond donors (Lipinski definition) is 0. The van der Waals surface area contributed by atoms with Crippen LogP contribution in [0, 0.1) is 34.6 Å². The van der Waals surface area contributed by atoms with Crippen LogP contribution in [0.15, 0.2) is 53.1 Å². The molecule has 2 heteroatoms. The van der Waals surface area contributed by atoms with E-state index in [1.807, 2.05) is 12.3 Å². The zero-order chi connectivity index (χ0) is 18.4. The van der Waals surface area contributed by atoms with Gasteiger partial charge in [0, 0.05) is 28.8 Å². The van der Waals surface area contributed by atoms with Crippen molar-refractivity contribution in [2.24, 2.45) is 0 Å². The predicted molar refractivity (Wildman–Crippen MR) is 109 cm³/mol. The second-order valence-electron chi connectivity index (χ2n) is 7.37. The zero-order valence-corrected chi connectivity index (χ0v) is 16.0. The Morgan fingerprint density at radius 2 is 1.31 bits per heavy atom. The number of aryl methyl sites for hydroxylation is 5. The largest absolute Gasteiger partial charge is 0.456 e. The molecule has 2 heterocycles. The number of rotatable bonds is 2. The van der Waals surface area contributed by atoms with E-state index in [-0.39, 0.29) is 0 Å². The molecule has 26 heavy (non-hydrogen) atoms. The predicted octanol–water partition coefficient (Wildman–Crippen LogP) is 6.70. The second kappa shape index (κ2) is 6.14. The van der Waals surface area contributed by atoms with Gasteiger partial charge in [0.2, 0.25) is 0 Å². The van der Waals surface area contributed by atoms with E-state index in [2.05, 4.69) is 76.0 Å². The number of furan rings is 1. The van der Waals surface area contributed by atoms with E-state index in [0.29, 0.717) is 0 Å². The highest BCUT2D eigenvalue weighted by molar-refractivity contribution is 5.86. The zero-order valence-electron chi connectivity index (χ0n) is 16.0. The molecule has 0 N–H and O–H groups in total. The van der Waals surface area contributed by atoms with Gasteiger partial charge in [-0.3, -0.25) is 4.98 Å². The number of aromatic nitrogens is 1. The summed E-state index contributed by atoms with van der Waals surface area (Å²) < 4.78 is 6.24. The summed E-state index contributed by atoms with van der Waals surface area (Å²) in [5.74, 6) is 0.911. The van der Waals surface area contributed by atoms with Crippen LogP contribution in [0.1, 0.15) is 27.8 Å². The molecule has 0 spiro atoms. The summed E-state index contributed by atoms with van der Waals surface area (Å²) in [7, 11) is 0. The Hall–Kier alpha value is -2.87. The van der Waals surface area contributed by atoms with Crippen molar-refractivity contribution in [2.75, 3.05) is 0 Å². The van der Waals surface area contributed by atoms with Crippen LogP contribution in [-0.4, -0.2) is 4.98 Å². The first-order chi connectivity index (χ1) is 12.4. The third kappa shape index (κ3) is 2.92. The maximum Gasteiger partial charge on any atom is 0.138 e. The molecule has 4 aromatic rings. The Morgan fingerprint density at radius 1 is 0.692 bits per heavy atom. The van der Waals surface area contributed by atoms with Gasteiger partial charge in [0.15, 0.2) is 0 Å². The van der Waals surface area contributed by atoms with Crippen LogP contribution in [0.2, 0.25) is 0 Å². The molecule has 0 fully saturated rings. The molecule has 0 bridgehead atoms. The Morgan fingerprint density at radius 3 is 1.96 bits per heavy atom. The maximum atomic E-state index is 6.24. The van der Waals surface area contributed by atoms with Gasteiger partial charge in [-0.05, 0) is 63.9 Å². The van der Waals surface area contributed by atoms with E-state index in [0.717, 1.165) is 28.0 Å². The van der Waals surface area contributed by atoms with Crippen LogP contribution < -0.4 is 0 Å². The van der Waals surface area contributed by atoms with Gasteiger partial charge in [-0.1, -0.05) is 34.9 Å². The van der Waals surface area contributed by atoms with Crippen LogP contribution in [0.4, 0.5) is 0 Å². The molecule has 130 valence electrons. The Bertz CT molecular complexity index is 1090. The molecular weight excluding hydrogens is 318 g/mol. The summed E-state index contributed by atoms with van der Waals surface area (Å²) in [6.45, 7) is 10.6. The SMILES string of the molecule is Cc1cc(C)cc(-c2cc3oc(-c4c(C)cc(C)cc4C)cc3cn2)c1. The van der Waals surface area contributed by atoms with E-state index in [1.165, 1.54) is 33.4 Å². The quantitative estimate of drug-likeness (QED) is 0.405. The normalized spacial score (nSPS) is 11.3. The van der Waals surface area contributed by atoms with Crippen LogP contribution in [0.25, 0.3) is 33.6 Å². The van der Waals surface area contributed by atoms with Gasteiger partial charge in [-0.25, -0.2) is 0 Å². The third-order valence-corrected chi connectivity index (χ3v) is 4.84. The van der Waals surface area contributed by atoms with Crippen LogP contribution in [0.5, 0.6) is 0 Å². The second-order valence-corrected chi connectivity index (χ2v) is 7.37. The summed E-state index contributed by atoms with van der Waals surface area (Å²) in [5.41, 5.74) is 10.4. The van der Waals surface area contributed by atoms with Crippen molar-refractivity contribution >= 4 is 11.0 Å². The van der Waals surface area contributed by atoms with Gasteiger partial charge >= 0.3 is 0 Å². The van der Waals surface area contributed by atoms with Crippen LogP contribution in [-0.2, 0) is 0 Å². The van der Waals surface area contributed by atoms with E-state index in [4.69, 9.17) is 4.42 Å². The maximum absolute atomic E-state index is 6.24. The summed E-state index contributed by atoms with van der Waals surface area (Å²) in [5, 5.41) is 1.03. The third-order valence-electron chi connectivity index (χ3n) is 4.84. The van der Waals surface area contributed by atoms with Gasteiger partial charge in [0.05, 0.1) is 5.69 Å². The molecule has 0 aliphatic heterocycles. The lowest BCUT2D eigenvalue weighted by Gasteiger charge is -2.08. The molecule has 2 nitrogen and oxygen atoms in total. The standard InChI is InChI=1S/C24H23NO/c1-14-6-15(2)10-19(9-14)21-12-22-20(13-25-21)11-23(26-22)24-17(4)7-16(3)8-18(24)5/h6-13H,1-5H3. The molecule has 0 saturated heterocycles. The lowest BCUT2D eigenvalue weighted by atomic mass is 9.98. The molecule has 0 unspecified atom stereocenters. The summed E-state index contributed by atoms with van der Waals surface area (Å²) in [4.78, 5) is 4.67. The molecule has 0 radical (unpaired) electrons. The van der Waals surface area contributed by atoms with Crippen molar-refractivity contribution in [3.63, 3.8) is 0 Å². The molecule has 0 aliphatic carbocycles. The first-order valence-corrected chi connectivity index (χ1v) is 8.97. The molecule has 2 aromatic carbocycles. The highest BCUT2D eigenvalue weighted by Crippen LogP contribution is 2.34. The van der Waals surface area contributed by atoms with Crippen molar-refractivity contribution in [2.45, 2.75) is 34.6 Å². The summed E-state index contributed by atoms with van der Waals surface area (Å²) in [6, 6.07) is 15.1. The Kier molecular flexibility index (Phi) is 3.91. The van der Waals surface area contributed by atoms with Gasteiger partial charge < -0.3 is 4.42 Å². The van der Waals surface area contributed by atoms with Crippen LogP contribution >= 0.6 is 0 Å². The van der Waals surface area contributed by atoms with Gasteiger partial charge in [-0.2, -0.15) is 0 Å². The van der Waals surface area contributed by atoms with Gasteiger partial charge in [0.25, 0.3) is 0 Å². The summed E-state index contributed by atoms with van der Waals surface area (Å²) in [6.07, 6.45) is 1.91. The highest BCUT2D eigenvalue weighted by Gasteiger charge is 2.13. The molecule has 2 aromatic heterocycles. The molecule has 0 saturated carbocycles. The molecule has 0 atom stereocenters. The topological polar surface area (TPSA) is 26.0 Å². The van der Waals surface area contributed by atoms with Crippen molar-refractivity contribution in [1.82, 2.24) is 4.98 Å². The number of benzene rings is 2. The van der Waals surface area contributed by atoms with Crippen LogP contribution in [0.3, 0.4) is 0 Å². The minimum Gasteiger partial charge on any atom is -0.456 e. The highest BCUT2D eigenvalue weighted by atomic mass is 16.3. The van der Waals surface area contributed by atoms with Gasteiger partial charge in [0.1, 0.15) is 11.3 Å². The number of hydrogen-bond acceptors (Lipinski definition) is 2. The lowest BCUT2D eigenvalue weighted by Crippen LogP contribution is -1.88. The van der Waals surface area contributed by atoms with Crippen molar-refractivity contribution in [3.05, 3.63) is 76.5 Å². The van der Waals surface area contributed by atoms with E-state index < -0.39 is 0 Å². The molecule has 0 aliphatic rings. The first-order valence-electron chi connectivity index (χ1n) is 8.97. The summed E-state index contributed by atoms with van der Waals surface area (Å²) >= 11 is 0. The fourth-order valence-electron chi connectivity index (χ4n) is 3.91. The van der Waals surface area contributed by atoms with Crippen molar-refractivity contribution in [1.29, 1.82) is 0 Å². The fraction of sp³-hybridized carbons (Fsp3) is 0.208. The minimum atomic E-state index is 0.878. The Balaban J connectivity index is 1.84. The lowest BCUT2D eigenvalue weighted by molar-refractivity contribution is 0.630. The number of nitrogens with zero attached hydrogens (tertiary/aromatic N) is 1. The Labute approximate surface area is 154 Å². The fourth-order valence-corrected chi connectivity index (χ4v) is 3.91. The average Bonchev–Trinajstić information content (AvgIpc) is 2.95. The smallest absolute Gasteiger partial charge is 0.138 e. The monoisotopic (exact) mass is 341 g/mol. The first kappa shape index (κ1) is 16.6. The van der Waals surface area contributed by atoms with E-state index in [9.17, 15) is 0 Å². The molecule has 0 amide bonds. The average molecular weight is 341 g/mol.